The summed E-state index contributed by atoms with van der Waals surface area (Å²) >= 11 is 5.73. The maximum absolute atomic E-state index is 10.6. The van der Waals surface area contributed by atoms with E-state index in [2.05, 4.69) is 15.3 Å². The minimum atomic E-state index is -0.988. The number of anilines is 1. The highest BCUT2D eigenvalue weighted by Crippen LogP contribution is 2.18. The summed E-state index contributed by atoms with van der Waals surface area (Å²) in [5, 5.41) is 11.4. The minimum Gasteiger partial charge on any atom is -0.465 e. The van der Waals surface area contributed by atoms with E-state index in [0.29, 0.717) is 6.54 Å². The van der Waals surface area contributed by atoms with Crippen molar-refractivity contribution < 1.29 is 9.90 Å². The van der Waals surface area contributed by atoms with Gasteiger partial charge in [0.25, 0.3) is 0 Å². The van der Waals surface area contributed by atoms with Crippen LogP contribution in [0.1, 0.15) is 12.8 Å². The van der Waals surface area contributed by atoms with Crippen molar-refractivity contribution in [2.24, 2.45) is 0 Å². The summed E-state index contributed by atoms with van der Waals surface area (Å²) in [6, 6.07) is 1.71. The average molecular weight is 257 g/mol. The quantitative estimate of drug-likeness (QED) is 0.782. The van der Waals surface area contributed by atoms with Crippen molar-refractivity contribution in [2.75, 3.05) is 18.0 Å². The lowest BCUT2D eigenvalue weighted by molar-refractivity contribution is 0.188. The van der Waals surface area contributed by atoms with Crippen LogP contribution in [0.4, 0.5) is 10.6 Å². The zero-order valence-electron chi connectivity index (χ0n) is 9.14. The second-order valence-corrected chi connectivity index (χ2v) is 4.26. The van der Waals surface area contributed by atoms with Crippen LogP contribution in [0.3, 0.4) is 0 Å². The van der Waals surface area contributed by atoms with Gasteiger partial charge in [0, 0.05) is 25.3 Å². The van der Waals surface area contributed by atoms with Gasteiger partial charge in [-0.1, -0.05) is 0 Å². The van der Waals surface area contributed by atoms with Crippen molar-refractivity contribution in [1.82, 2.24) is 15.3 Å². The monoisotopic (exact) mass is 256 g/mol. The van der Waals surface area contributed by atoms with Gasteiger partial charge in [0.15, 0.2) is 0 Å². The van der Waals surface area contributed by atoms with Gasteiger partial charge in [-0.15, -0.1) is 0 Å². The fourth-order valence-corrected chi connectivity index (χ4v) is 2.12. The summed E-state index contributed by atoms with van der Waals surface area (Å²) in [5.74, 6) is 0.738. The molecule has 92 valence electrons. The molecule has 1 aliphatic heterocycles. The molecule has 0 aliphatic carbocycles. The first-order valence-corrected chi connectivity index (χ1v) is 5.76. The van der Waals surface area contributed by atoms with Gasteiger partial charge in [-0.05, 0) is 30.5 Å². The van der Waals surface area contributed by atoms with Crippen molar-refractivity contribution in [3.8, 4) is 0 Å². The third kappa shape index (κ3) is 3.20. The maximum Gasteiger partial charge on any atom is 0.404 e. The van der Waals surface area contributed by atoms with Crippen LogP contribution in [-0.2, 0) is 0 Å². The molecule has 1 aromatic heterocycles. The fourth-order valence-electron chi connectivity index (χ4n) is 1.98. The Balaban J connectivity index is 2.04. The highest BCUT2D eigenvalue weighted by molar-refractivity contribution is 6.28. The Kier molecular flexibility index (Phi) is 3.63. The number of piperidine rings is 1. The van der Waals surface area contributed by atoms with Gasteiger partial charge in [0.05, 0.1) is 0 Å². The lowest BCUT2D eigenvalue weighted by atomic mass is 10.1. The van der Waals surface area contributed by atoms with Crippen molar-refractivity contribution in [3.05, 3.63) is 17.5 Å². The Morgan fingerprint density at radius 1 is 1.65 bits per heavy atom. The summed E-state index contributed by atoms with van der Waals surface area (Å²) in [6.45, 7) is 1.46. The van der Waals surface area contributed by atoms with E-state index in [1.54, 1.807) is 12.3 Å². The van der Waals surface area contributed by atoms with E-state index in [4.69, 9.17) is 16.7 Å². The molecule has 1 fully saturated rings. The van der Waals surface area contributed by atoms with Crippen LogP contribution in [0.15, 0.2) is 12.3 Å². The Labute approximate surface area is 104 Å². The molecule has 0 bridgehead atoms. The normalized spacial score (nSPS) is 20.1. The van der Waals surface area contributed by atoms with Crippen LogP contribution in [-0.4, -0.2) is 40.3 Å². The first-order chi connectivity index (χ1) is 8.15. The molecule has 0 spiro atoms. The van der Waals surface area contributed by atoms with Crippen LogP contribution in [0.2, 0.25) is 5.28 Å². The van der Waals surface area contributed by atoms with Gasteiger partial charge in [-0.2, -0.15) is 0 Å². The first kappa shape index (κ1) is 11.9. The number of hydrogen-bond donors (Lipinski definition) is 2. The summed E-state index contributed by atoms with van der Waals surface area (Å²) in [4.78, 5) is 20.5. The first-order valence-electron chi connectivity index (χ1n) is 5.38. The second kappa shape index (κ2) is 5.18. The molecule has 6 nitrogen and oxygen atoms in total. The molecule has 1 amide bonds. The lowest BCUT2D eigenvalue weighted by Crippen LogP contribution is -2.47. The second-order valence-electron chi connectivity index (χ2n) is 3.92. The van der Waals surface area contributed by atoms with E-state index >= 15 is 0 Å². The van der Waals surface area contributed by atoms with Crippen LogP contribution < -0.4 is 10.2 Å². The molecule has 2 heterocycles. The molecule has 1 aromatic rings. The van der Waals surface area contributed by atoms with Crippen molar-refractivity contribution in [3.63, 3.8) is 0 Å². The van der Waals surface area contributed by atoms with Gasteiger partial charge in [-0.3, -0.25) is 0 Å². The third-order valence-corrected chi connectivity index (χ3v) is 2.87. The number of rotatable bonds is 2. The molecule has 0 aromatic carbocycles. The standard InChI is InChI=1S/C10H13ClN4O2/c11-9-12-4-3-8(14-9)15-5-1-2-7(6-15)13-10(16)17/h3-4,7,13H,1-2,5-6H2,(H,16,17). The van der Waals surface area contributed by atoms with Gasteiger partial charge < -0.3 is 15.3 Å². The summed E-state index contributed by atoms with van der Waals surface area (Å²) in [5.41, 5.74) is 0. The fraction of sp³-hybridized carbons (Fsp3) is 0.500. The van der Waals surface area contributed by atoms with Crippen molar-refractivity contribution >= 4 is 23.5 Å². The molecule has 2 rings (SSSR count). The number of aromatic nitrogens is 2. The topological polar surface area (TPSA) is 78.4 Å². The summed E-state index contributed by atoms with van der Waals surface area (Å²) in [7, 11) is 0. The van der Waals surface area contributed by atoms with E-state index in [9.17, 15) is 4.79 Å². The average Bonchev–Trinajstić information content (AvgIpc) is 2.28. The van der Waals surface area contributed by atoms with Crippen LogP contribution >= 0.6 is 11.6 Å². The van der Waals surface area contributed by atoms with E-state index in [0.717, 1.165) is 25.2 Å². The zero-order chi connectivity index (χ0) is 12.3. The van der Waals surface area contributed by atoms with Gasteiger partial charge in [0.1, 0.15) is 5.82 Å². The van der Waals surface area contributed by atoms with E-state index < -0.39 is 6.09 Å². The predicted octanol–water partition coefficient (Wildman–Crippen LogP) is 1.37. The van der Waals surface area contributed by atoms with Crippen LogP contribution in [0.25, 0.3) is 0 Å². The number of halogens is 1. The molecule has 7 heteroatoms. The van der Waals surface area contributed by atoms with Crippen LogP contribution in [0.5, 0.6) is 0 Å². The van der Waals surface area contributed by atoms with Gasteiger partial charge >= 0.3 is 6.09 Å². The maximum atomic E-state index is 10.6. The largest absolute Gasteiger partial charge is 0.465 e. The molecule has 0 radical (unpaired) electrons. The van der Waals surface area contributed by atoms with Gasteiger partial charge in [0.2, 0.25) is 5.28 Å². The van der Waals surface area contributed by atoms with Gasteiger partial charge in [-0.25, -0.2) is 14.8 Å². The number of carbonyl (C=O) groups is 1. The molecule has 1 unspecified atom stereocenters. The lowest BCUT2D eigenvalue weighted by Gasteiger charge is -2.33. The highest BCUT2D eigenvalue weighted by Gasteiger charge is 2.22. The zero-order valence-corrected chi connectivity index (χ0v) is 9.89. The molecule has 1 saturated heterocycles. The molecule has 17 heavy (non-hydrogen) atoms. The number of carboxylic acid groups (broad SMARTS) is 1. The summed E-state index contributed by atoms with van der Waals surface area (Å²) < 4.78 is 0. The molecular formula is C10H13ClN4O2. The number of hydrogen-bond acceptors (Lipinski definition) is 4. The number of nitrogens with one attached hydrogen (secondary N) is 1. The molecular weight excluding hydrogens is 244 g/mol. The SMILES string of the molecule is O=C(O)NC1CCCN(c2ccnc(Cl)n2)C1. The number of nitrogens with zero attached hydrogens (tertiary/aromatic N) is 3. The molecule has 2 N–H and O–H groups in total. The number of amides is 1. The van der Waals surface area contributed by atoms with Crippen LogP contribution in [0, 0.1) is 0 Å². The van der Waals surface area contributed by atoms with Crippen molar-refractivity contribution in [1.29, 1.82) is 0 Å². The smallest absolute Gasteiger partial charge is 0.404 e. The predicted molar refractivity (Wildman–Crippen MR) is 63.4 cm³/mol. The van der Waals surface area contributed by atoms with E-state index in [-0.39, 0.29) is 11.3 Å². The summed E-state index contributed by atoms with van der Waals surface area (Å²) in [6.07, 6.45) is 2.38. The van der Waals surface area contributed by atoms with E-state index in [1.165, 1.54) is 0 Å². The van der Waals surface area contributed by atoms with E-state index in [1.807, 2.05) is 4.90 Å². The minimum absolute atomic E-state index is 0.0602. The Morgan fingerprint density at radius 2 is 2.47 bits per heavy atom. The van der Waals surface area contributed by atoms with Crippen molar-refractivity contribution in [2.45, 2.75) is 18.9 Å². The Bertz CT molecular complexity index is 415. The molecule has 0 saturated carbocycles. The third-order valence-electron chi connectivity index (χ3n) is 2.68. The molecule has 1 atom stereocenters. The Morgan fingerprint density at radius 3 is 3.18 bits per heavy atom. The highest BCUT2D eigenvalue weighted by atomic mass is 35.5. The molecule has 1 aliphatic rings. The Hall–Kier alpha value is -1.56.